The van der Waals surface area contributed by atoms with Crippen molar-refractivity contribution >= 4 is 49.9 Å². The number of hydrogen-bond acceptors (Lipinski definition) is 9. The van der Waals surface area contributed by atoms with Crippen molar-refractivity contribution < 1.29 is 44.5 Å². The Morgan fingerprint density at radius 3 is 2.31 bits per heavy atom. The van der Waals surface area contributed by atoms with E-state index in [-0.39, 0.29) is 29.6 Å². The first kappa shape index (κ1) is 32.9. The van der Waals surface area contributed by atoms with Crippen molar-refractivity contribution in [3.05, 3.63) is 30.3 Å². The number of nitrogens with two attached hydrogens (primary N) is 1. The summed E-state index contributed by atoms with van der Waals surface area (Å²) in [6, 6.07) is 8.60. The van der Waals surface area contributed by atoms with Crippen LogP contribution in [0.3, 0.4) is 0 Å². The maximum atomic E-state index is 13.0. The smallest absolute Gasteiger partial charge is 0.475 e. The van der Waals surface area contributed by atoms with Crippen LogP contribution in [-0.4, -0.2) is 101 Å². The predicted molar refractivity (Wildman–Crippen MR) is 141 cm³/mol. The van der Waals surface area contributed by atoms with Gasteiger partial charge in [-0.1, -0.05) is 18.2 Å². The monoisotopic (exact) mass is 617 g/mol. The van der Waals surface area contributed by atoms with Crippen LogP contribution >= 0.6 is 7.14 Å². The number of aliphatic carboxylic acids is 1. The molecule has 1 aliphatic rings. The van der Waals surface area contributed by atoms with Gasteiger partial charge in [0.25, 0.3) is 0 Å². The fourth-order valence-electron chi connectivity index (χ4n) is 3.48. The molecule has 1 aromatic carbocycles. The van der Waals surface area contributed by atoms with Crippen LogP contribution in [0.5, 0.6) is 0 Å². The van der Waals surface area contributed by atoms with E-state index in [0.29, 0.717) is 29.6 Å². The van der Waals surface area contributed by atoms with Crippen molar-refractivity contribution in [1.29, 1.82) is 0 Å². The van der Waals surface area contributed by atoms with Crippen LogP contribution < -0.4 is 15.2 Å². The van der Waals surface area contributed by atoms with Gasteiger partial charge in [0.1, 0.15) is 10.7 Å². The van der Waals surface area contributed by atoms with Gasteiger partial charge in [-0.25, -0.2) is 36.5 Å². The third-order valence-electron chi connectivity index (χ3n) is 5.62. The summed E-state index contributed by atoms with van der Waals surface area (Å²) in [5, 5.41) is 15.6. The molecule has 0 aliphatic carbocycles. The van der Waals surface area contributed by atoms with Crippen molar-refractivity contribution in [2.24, 2.45) is 5.14 Å². The molecule has 2 aromatic rings. The maximum absolute atomic E-state index is 13.0. The van der Waals surface area contributed by atoms with E-state index in [1.807, 2.05) is 6.66 Å². The number of carbonyl (C=O) groups is 1. The highest BCUT2D eigenvalue weighted by atomic mass is 32.2. The highest BCUT2D eigenvalue weighted by molar-refractivity contribution is 7.89. The van der Waals surface area contributed by atoms with E-state index in [1.165, 1.54) is 6.07 Å². The standard InChI is InChI=1S/C19H30N5O5PS2.C2HF3O2/c1-30(25)12-10-24(11-13-30)9-4-7-22-32(28,29)18-15-16-5-2-3-6-17(16)23-19(18)21-8-14-31(20,26)27;3-2(4,5)1(6)7/h2-3,5-6,15,22H,4,7-14H2,1H3,(H,21,23)(H2,20,26,27);(H,6,7). The Bertz CT molecular complexity index is 1410. The number of sulfonamides is 2. The first-order valence-corrected chi connectivity index (χ1v) is 17.3. The molecule has 0 spiro atoms. The van der Waals surface area contributed by atoms with Gasteiger partial charge in [-0.15, -0.1) is 0 Å². The molecule has 1 aromatic heterocycles. The van der Waals surface area contributed by atoms with Gasteiger partial charge in [0, 0.05) is 43.9 Å². The van der Waals surface area contributed by atoms with E-state index in [1.54, 1.807) is 24.3 Å². The number of para-hydroxylation sites is 1. The van der Waals surface area contributed by atoms with E-state index >= 15 is 0 Å². The van der Waals surface area contributed by atoms with Crippen LogP contribution in [0.25, 0.3) is 10.9 Å². The molecular weight excluding hydrogens is 586 g/mol. The van der Waals surface area contributed by atoms with Crippen LogP contribution in [0, 0.1) is 0 Å². The lowest BCUT2D eigenvalue weighted by molar-refractivity contribution is -0.192. The number of carboxylic acids is 1. The number of pyridine rings is 1. The first-order chi connectivity index (χ1) is 17.9. The number of fused-ring (bicyclic) bond motifs is 1. The summed E-state index contributed by atoms with van der Waals surface area (Å²) < 4.78 is 94.9. The molecule has 0 amide bonds. The summed E-state index contributed by atoms with van der Waals surface area (Å²) in [6.07, 6.45) is -3.06. The number of hydrogen-bond donors (Lipinski definition) is 4. The molecule has 1 aliphatic heterocycles. The molecule has 18 heteroatoms. The second-order valence-electron chi connectivity index (χ2n) is 8.96. The number of anilines is 1. The molecule has 0 unspecified atom stereocenters. The molecule has 12 nitrogen and oxygen atoms in total. The Labute approximate surface area is 224 Å². The normalized spacial score (nSPS) is 16.3. The third kappa shape index (κ3) is 11.4. The zero-order valence-corrected chi connectivity index (χ0v) is 23.5. The number of alkyl halides is 3. The summed E-state index contributed by atoms with van der Waals surface area (Å²) in [6.45, 7) is 4.28. The van der Waals surface area contributed by atoms with Crippen molar-refractivity contribution in [1.82, 2.24) is 14.6 Å². The average molecular weight is 618 g/mol. The van der Waals surface area contributed by atoms with Crippen LogP contribution in [0.2, 0.25) is 0 Å². The Morgan fingerprint density at radius 1 is 1.15 bits per heavy atom. The fourth-order valence-corrected chi connectivity index (χ4v) is 6.72. The number of carboxylic acid groups (broad SMARTS) is 1. The molecule has 0 radical (unpaired) electrons. The van der Waals surface area contributed by atoms with Crippen LogP contribution in [0.15, 0.2) is 35.2 Å². The minimum Gasteiger partial charge on any atom is -0.475 e. The Kier molecular flexibility index (Phi) is 11.3. The molecule has 1 saturated heterocycles. The number of aromatic nitrogens is 1. The number of halogens is 3. The Balaban J connectivity index is 0.000000673. The van der Waals surface area contributed by atoms with Crippen LogP contribution in [-0.2, 0) is 29.4 Å². The predicted octanol–water partition coefficient (Wildman–Crippen LogP) is 1.55. The van der Waals surface area contributed by atoms with Gasteiger partial charge in [0.05, 0.1) is 18.4 Å². The van der Waals surface area contributed by atoms with E-state index in [9.17, 15) is 34.6 Å². The summed E-state index contributed by atoms with van der Waals surface area (Å²) in [7, 11) is -9.58. The molecule has 3 rings (SSSR count). The van der Waals surface area contributed by atoms with E-state index in [2.05, 4.69) is 19.9 Å². The number of nitrogens with zero attached hydrogens (tertiary/aromatic N) is 2. The van der Waals surface area contributed by atoms with Gasteiger partial charge in [-0.05, 0) is 31.8 Å². The van der Waals surface area contributed by atoms with Gasteiger partial charge < -0.3 is 19.9 Å². The molecule has 220 valence electrons. The molecule has 0 saturated carbocycles. The summed E-state index contributed by atoms with van der Waals surface area (Å²) in [5.41, 5.74) is 0.586. The number of benzene rings is 1. The minimum absolute atomic E-state index is 0.0458. The molecule has 2 heterocycles. The van der Waals surface area contributed by atoms with Gasteiger partial charge in [-0.3, -0.25) is 0 Å². The Hall–Kier alpha value is -2.30. The van der Waals surface area contributed by atoms with Crippen LogP contribution in [0.1, 0.15) is 6.42 Å². The van der Waals surface area contributed by atoms with Gasteiger partial charge in [0.15, 0.2) is 0 Å². The highest BCUT2D eigenvalue weighted by Gasteiger charge is 2.38. The molecule has 0 atom stereocenters. The van der Waals surface area contributed by atoms with Gasteiger partial charge in [0.2, 0.25) is 20.0 Å². The second kappa shape index (κ2) is 13.4. The first-order valence-electron chi connectivity index (χ1n) is 11.6. The largest absolute Gasteiger partial charge is 0.490 e. The summed E-state index contributed by atoms with van der Waals surface area (Å²) in [4.78, 5) is 15.4. The Morgan fingerprint density at radius 2 is 1.74 bits per heavy atom. The summed E-state index contributed by atoms with van der Waals surface area (Å²) >= 11 is 0. The molecule has 0 bridgehead atoms. The maximum Gasteiger partial charge on any atom is 0.490 e. The number of primary sulfonamides is 1. The molecule has 1 fully saturated rings. The van der Waals surface area contributed by atoms with E-state index in [4.69, 9.17) is 15.0 Å². The molecule has 5 N–H and O–H groups in total. The lowest BCUT2D eigenvalue weighted by Gasteiger charge is -2.30. The number of nitrogens with one attached hydrogen (secondary N) is 2. The van der Waals surface area contributed by atoms with E-state index < -0.39 is 39.3 Å². The zero-order valence-electron chi connectivity index (χ0n) is 21.0. The molecule has 39 heavy (non-hydrogen) atoms. The lowest BCUT2D eigenvalue weighted by Crippen LogP contribution is -2.37. The molecular formula is C21H31F3N5O7PS2. The second-order valence-corrected chi connectivity index (χ2v) is 15.9. The van der Waals surface area contributed by atoms with Crippen LogP contribution in [0.4, 0.5) is 19.0 Å². The minimum atomic E-state index is -5.08. The summed E-state index contributed by atoms with van der Waals surface area (Å²) in [5.74, 6) is -3.03. The van der Waals surface area contributed by atoms with Gasteiger partial charge in [-0.2, -0.15) is 13.2 Å². The zero-order chi connectivity index (χ0) is 29.5. The van der Waals surface area contributed by atoms with Crippen molar-refractivity contribution in [3.8, 4) is 0 Å². The van der Waals surface area contributed by atoms with Crippen molar-refractivity contribution in [2.75, 3.05) is 62.8 Å². The number of rotatable bonds is 10. The SMILES string of the molecule is CP1(=O)CCN(CCCNS(=O)(=O)c2cc3ccccc3nc2NCCS(N)(=O)=O)CC1.O=C(O)C(F)(F)F. The van der Waals surface area contributed by atoms with Crippen molar-refractivity contribution in [2.45, 2.75) is 17.5 Å². The van der Waals surface area contributed by atoms with Gasteiger partial charge >= 0.3 is 12.1 Å². The third-order valence-corrected chi connectivity index (χ3v) is 10.2. The fraction of sp³-hybridized carbons (Fsp3) is 0.524. The lowest BCUT2D eigenvalue weighted by atomic mass is 10.2. The van der Waals surface area contributed by atoms with Crippen molar-refractivity contribution in [3.63, 3.8) is 0 Å². The highest BCUT2D eigenvalue weighted by Crippen LogP contribution is 2.42. The average Bonchev–Trinajstić information content (AvgIpc) is 2.81. The van der Waals surface area contributed by atoms with E-state index in [0.717, 1.165) is 19.6 Å². The topological polar surface area (TPSA) is 189 Å². The quantitative estimate of drug-likeness (QED) is 0.225.